The van der Waals surface area contributed by atoms with Gasteiger partial charge < -0.3 is 19.5 Å². The molecule has 2 N–H and O–H groups in total. The molecule has 0 unspecified atom stereocenters. The third kappa shape index (κ3) is 5.28. The van der Waals surface area contributed by atoms with E-state index in [1.165, 1.54) is 0 Å². The van der Waals surface area contributed by atoms with Gasteiger partial charge in [-0.05, 0) is 63.8 Å². The zero-order chi connectivity index (χ0) is 16.9. The predicted octanol–water partition coefficient (Wildman–Crippen LogP) is 3.12. The SMILES string of the molecule is CCOP(=O)(CC[C@H]1CC[C@H]2CN[C@H](C(=O)O)C[C@H]2C1)OCC. The van der Waals surface area contributed by atoms with E-state index in [0.29, 0.717) is 43.6 Å². The first-order valence-corrected chi connectivity index (χ1v) is 10.5. The Morgan fingerprint density at radius 3 is 2.48 bits per heavy atom. The van der Waals surface area contributed by atoms with E-state index in [4.69, 9.17) is 9.05 Å². The zero-order valence-electron chi connectivity index (χ0n) is 14.2. The van der Waals surface area contributed by atoms with Gasteiger partial charge in [0.05, 0.1) is 19.4 Å². The number of aliphatic carboxylic acids is 1. The van der Waals surface area contributed by atoms with E-state index < -0.39 is 19.6 Å². The van der Waals surface area contributed by atoms with Crippen LogP contribution in [0.15, 0.2) is 0 Å². The Morgan fingerprint density at radius 1 is 1.17 bits per heavy atom. The second-order valence-corrected chi connectivity index (χ2v) is 8.88. The van der Waals surface area contributed by atoms with Crippen LogP contribution in [-0.2, 0) is 18.4 Å². The Hall–Kier alpha value is -0.420. The number of rotatable bonds is 8. The highest BCUT2D eigenvalue weighted by atomic mass is 31.2. The Morgan fingerprint density at radius 2 is 1.87 bits per heavy atom. The number of hydrogen-bond acceptors (Lipinski definition) is 5. The molecule has 1 aliphatic heterocycles. The number of nitrogens with one attached hydrogen (secondary N) is 1. The summed E-state index contributed by atoms with van der Waals surface area (Å²) in [5.74, 6) is 0.808. The molecule has 2 fully saturated rings. The van der Waals surface area contributed by atoms with Crippen molar-refractivity contribution in [3.63, 3.8) is 0 Å². The Bertz CT molecular complexity index is 434. The second-order valence-electron chi connectivity index (χ2n) is 6.69. The zero-order valence-corrected chi connectivity index (χ0v) is 15.1. The molecule has 1 saturated heterocycles. The van der Waals surface area contributed by atoms with Crippen molar-refractivity contribution in [2.24, 2.45) is 17.8 Å². The normalized spacial score (nSPS) is 31.6. The van der Waals surface area contributed by atoms with Crippen molar-refractivity contribution in [1.82, 2.24) is 5.32 Å². The van der Waals surface area contributed by atoms with Crippen molar-refractivity contribution < 1.29 is 23.5 Å². The average molecular weight is 347 g/mol. The van der Waals surface area contributed by atoms with Crippen molar-refractivity contribution in [1.29, 1.82) is 0 Å². The van der Waals surface area contributed by atoms with Crippen LogP contribution in [0.2, 0.25) is 0 Å². The Balaban J connectivity index is 1.85. The third-order valence-corrected chi connectivity index (χ3v) is 7.28. The van der Waals surface area contributed by atoms with Crippen LogP contribution in [0.4, 0.5) is 0 Å². The van der Waals surface area contributed by atoms with E-state index in [2.05, 4.69) is 5.32 Å². The highest BCUT2D eigenvalue weighted by molar-refractivity contribution is 7.53. The van der Waals surface area contributed by atoms with Gasteiger partial charge in [0.25, 0.3) is 0 Å². The van der Waals surface area contributed by atoms with Crippen LogP contribution >= 0.6 is 7.60 Å². The van der Waals surface area contributed by atoms with E-state index in [0.717, 1.165) is 32.2 Å². The molecule has 0 aromatic carbocycles. The van der Waals surface area contributed by atoms with Gasteiger partial charge in [0.15, 0.2) is 0 Å². The number of fused-ring (bicyclic) bond motifs is 1. The molecular weight excluding hydrogens is 317 g/mol. The molecular formula is C16H30NO5P. The molecule has 23 heavy (non-hydrogen) atoms. The van der Waals surface area contributed by atoms with Gasteiger partial charge >= 0.3 is 13.6 Å². The van der Waals surface area contributed by atoms with Crippen molar-refractivity contribution >= 4 is 13.6 Å². The van der Waals surface area contributed by atoms with E-state index in [1.54, 1.807) is 0 Å². The van der Waals surface area contributed by atoms with Crippen LogP contribution < -0.4 is 5.32 Å². The highest BCUT2D eigenvalue weighted by Gasteiger charge is 2.38. The summed E-state index contributed by atoms with van der Waals surface area (Å²) in [5, 5.41) is 12.3. The van der Waals surface area contributed by atoms with Gasteiger partial charge in [0, 0.05) is 0 Å². The maximum absolute atomic E-state index is 12.5. The Kier molecular flexibility index (Phi) is 7.08. The van der Waals surface area contributed by atoms with Crippen LogP contribution in [-0.4, -0.2) is 43.0 Å². The molecule has 1 aliphatic carbocycles. The lowest BCUT2D eigenvalue weighted by Crippen LogP contribution is -2.49. The number of carboxylic acids is 1. The summed E-state index contributed by atoms with van der Waals surface area (Å²) in [6.07, 6.45) is 5.31. The molecule has 0 amide bonds. The summed E-state index contributed by atoms with van der Waals surface area (Å²) in [4.78, 5) is 11.2. The largest absolute Gasteiger partial charge is 0.480 e. The van der Waals surface area contributed by atoms with Gasteiger partial charge in [-0.3, -0.25) is 9.36 Å². The van der Waals surface area contributed by atoms with Crippen LogP contribution in [0.25, 0.3) is 0 Å². The summed E-state index contributed by atoms with van der Waals surface area (Å²) >= 11 is 0. The van der Waals surface area contributed by atoms with Crippen LogP contribution in [0.1, 0.15) is 46.0 Å². The maximum Gasteiger partial charge on any atom is 0.330 e. The monoisotopic (exact) mass is 347 g/mol. The van der Waals surface area contributed by atoms with Gasteiger partial charge in [-0.1, -0.05) is 6.42 Å². The van der Waals surface area contributed by atoms with Crippen molar-refractivity contribution in [3.8, 4) is 0 Å². The number of carbonyl (C=O) groups is 1. The molecule has 134 valence electrons. The van der Waals surface area contributed by atoms with Gasteiger partial charge in [0.1, 0.15) is 6.04 Å². The molecule has 0 aromatic heterocycles. The first-order valence-electron chi connectivity index (χ1n) is 8.81. The highest BCUT2D eigenvalue weighted by Crippen LogP contribution is 2.50. The molecule has 4 atom stereocenters. The van der Waals surface area contributed by atoms with Gasteiger partial charge in [-0.2, -0.15) is 0 Å². The second kappa shape index (κ2) is 8.61. The smallest absolute Gasteiger partial charge is 0.330 e. The number of piperidine rings is 1. The number of carboxylic acid groups (broad SMARTS) is 1. The average Bonchev–Trinajstić information content (AvgIpc) is 2.52. The molecule has 6 nitrogen and oxygen atoms in total. The topological polar surface area (TPSA) is 84.9 Å². The predicted molar refractivity (Wildman–Crippen MR) is 88.7 cm³/mol. The van der Waals surface area contributed by atoms with E-state index in [9.17, 15) is 14.5 Å². The summed E-state index contributed by atoms with van der Waals surface area (Å²) in [6.45, 7) is 5.28. The molecule has 0 aromatic rings. The number of hydrogen-bond donors (Lipinski definition) is 2. The van der Waals surface area contributed by atoms with E-state index >= 15 is 0 Å². The standard InChI is InChI=1S/C16H30NO5P/c1-3-21-23(20,22-4-2)8-7-12-5-6-13-11-17-15(16(18)19)10-14(13)9-12/h12-15,17H,3-11H2,1-2H3,(H,18,19)/t12-,13+,14-,15+/m1/s1. The van der Waals surface area contributed by atoms with Crippen LogP contribution in [0.3, 0.4) is 0 Å². The summed E-state index contributed by atoms with van der Waals surface area (Å²) in [5.41, 5.74) is 0. The van der Waals surface area contributed by atoms with E-state index in [-0.39, 0.29) is 0 Å². The summed E-state index contributed by atoms with van der Waals surface area (Å²) in [6, 6.07) is -0.409. The molecule has 0 radical (unpaired) electrons. The lowest BCUT2D eigenvalue weighted by atomic mass is 9.69. The minimum absolute atomic E-state index is 0.401. The van der Waals surface area contributed by atoms with Crippen LogP contribution in [0, 0.1) is 17.8 Å². The van der Waals surface area contributed by atoms with Gasteiger partial charge in [-0.15, -0.1) is 0 Å². The minimum Gasteiger partial charge on any atom is -0.480 e. The first kappa shape index (κ1) is 18.9. The third-order valence-electron chi connectivity index (χ3n) is 5.17. The molecule has 7 heteroatoms. The van der Waals surface area contributed by atoms with Crippen molar-refractivity contribution in [2.45, 2.75) is 52.0 Å². The summed E-state index contributed by atoms with van der Waals surface area (Å²) < 4.78 is 23.3. The van der Waals surface area contributed by atoms with Crippen molar-refractivity contribution in [2.75, 3.05) is 25.9 Å². The lowest BCUT2D eigenvalue weighted by molar-refractivity contribution is -0.141. The quantitative estimate of drug-likeness (QED) is 0.656. The molecule has 2 aliphatic rings. The van der Waals surface area contributed by atoms with Crippen LogP contribution in [0.5, 0.6) is 0 Å². The molecule has 1 heterocycles. The fraction of sp³-hybridized carbons (Fsp3) is 0.938. The molecule has 0 spiro atoms. The fourth-order valence-corrected chi connectivity index (χ4v) is 5.81. The van der Waals surface area contributed by atoms with Crippen molar-refractivity contribution in [3.05, 3.63) is 0 Å². The molecule has 2 rings (SSSR count). The Labute approximate surface area is 138 Å². The fourth-order valence-electron chi connectivity index (χ4n) is 4.01. The van der Waals surface area contributed by atoms with E-state index in [1.807, 2.05) is 13.8 Å². The molecule has 1 saturated carbocycles. The first-order chi connectivity index (χ1) is 11.0. The van der Waals surface area contributed by atoms with Gasteiger partial charge in [0.2, 0.25) is 0 Å². The van der Waals surface area contributed by atoms with Gasteiger partial charge in [-0.25, -0.2) is 0 Å². The minimum atomic E-state index is -2.96. The summed E-state index contributed by atoms with van der Waals surface area (Å²) in [7, 11) is -2.96. The molecule has 0 bridgehead atoms. The maximum atomic E-state index is 12.5. The lowest BCUT2D eigenvalue weighted by Gasteiger charge is -2.41.